The fraction of sp³-hybridized carbons (Fsp3) is 0.333. The van der Waals surface area contributed by atoms with E-state index in [9.17, 15) is 9.59 Å². The molecule has 1 fully saturated rings. The van der Waals surface area contributed by atoms with Gasteiger partial charge in [0.2, 0.25) is 5.91 Å². The lowest BCUT2D eigenvalue weighted by molar-refractivity contribution is -0.132. The highest BCUT2D eigenvalue weighted by molar-refractivity contribution is 5.80. The van der Waals surface area contributed by atoms with Gasteiger partial charge in [0.1, 0.15) is 19.8 Å². The van der Waals surface area contributed by atoms with Crippen molar-refractivity contribution in [1.82, 2.24) is 9.47 Å². The van der Waals surface area contributed by atoms with Gasteiger partial charge in [-0.15, -0.1) is 0 Å². The first-order valence-corrected chi connectivity index (χ1v) is 9.48. The van der Waals surface area contributed by atoms with Gasteiger partial charge in [-0.1, -0.05) is 18.2 Å². The lowest BCUT2D eigenvalue weighted by Gasteiger charge is -2.27. The Morgan fingerprint density at radius 2 is 1.89 bits per heavy atom. The molecule has 0 bridgehead atoms. The summed E-state index contributed by atoms with van der Waals surface area (Å²) in [5.74, 6) is 0.859. The second-order valence-corrected chi connectivity index (χ2v) is 7.07. The van der Waals surface area contributed by atoms with Crippen molar-refractivity contribution < 1.29 is 18.7 Å². The number of nitrogens with zero attached hydrogens (tertiary/aromatic N) is 2. The lowest BCUT2D eigenvalue weighted by Crippen LogP contribution is -2.35. The second kappa shape index (κ2) is 6.74. The van der Waals surface area contributed by atoms with Gasteiger partial charge in [0.05, 0.1) is 11.6 Å². The molecule has 3 aromatic rings. The highest BCUT2D eigenvalue weighted by Gasteiger charge is 2.31. The Bertz CT molecular complexity index is 1100. The van der Waals surface area contributed by atoms with Gasteiger partial charge in [0.15, 0.2) is 17.1 Å². The van der Waals surface area contributed by atoms with Crippen LogP contribution in [0.2, 0.25) is 0 Å². The quantitative estimate of drug-likeness (QED) is 0.699. The molecule has 2 aliphatic rings. The van der Waals surface area contributed by atoms with Gasteiger partial charge in [0, 0.05) is 6.54 Å². The third kappa shape index (κ3) is 2.83. The number of carbonyl (C=O) groups excluding carboxylic acids is 1. The van der Waals surface area contributed by atoms with E-state index in [4.69, 9.17) is 13.9 Å². The van der Waals surface area contributed by atoms with Crippen LogP contribution in [-0.4, -0.2) is 35.1 Å². The number of rotatable bonds is 3. The summed E-state index contributed by atoms with van der Waals surface area (Å²) < 4.78 is 17.9. The minimum atomic E-state index is -0.510. The van der Waals surface area contributed by atoms with Gasteiger partial charge in [-0.05, 0) is 42.7 Å². The highest BCUT2D eigenvalue weighted by Crippen LogP contribution is 2.38. The molecule has 1 amide bonds. The molecule has 0 saturated carbocycles. The molecule has 2 aromatic carbocycles. The number of fused-ring (bicyclic) bond motifs is 2. The van der Waals surface area contributed by atoms with Crippen LogP contribution in [0.3, 0.4) is 0 Å². The zero-order valence-electron chi connectivity index (χ0n) is 15.3. The van der Waals surface area contributed by atoms with E-state index in [1.165, 1.54) is 4.57 Å². The van der Waals surface area contributed by atoms with E-state index in [1.54, 1.807) is 18.2 Å². The molecular formula is C21H20N2O5. The second-order valence-electron chi connectivity index (χ2n) is 7.07. The Hall–Kier alpha value is -3.22. The third-order valence-corrected chi connectivity index (χ3v) is 5.39. The fourth-order valence-corrected chi connectivity index (χ4v) is 4.07. The molecule has 2 aliphatic heterocycles. The summed E-state index contributed by atoms with van der Waals surface area (Å²) in [6.45, 7) is 1.72. The van der Waals surface area contributed by atoms with E-state index in [2.05, 4.69) is 0 Å². The van der Waals surface area contributed by atoms with Crippen LogP contribution in [0, 0.1) is 0 Å². The molecular weight excluding hydrogens is 360 g/mol. The minimum absolute atomic E-state index is 0.0304. The Morgan fingerprint density at radius 1 is 1.07 bits per heavy atom. The standard InChI is InChI=1S/C21H20N2O5/c24-20(13-23-16-4-1-2-6-17(16)28-21(23)25)22-9-3-5-15(22)14-7-8-18-19(12-14)27-11-10-26-18/h1-2,4,6-8,12,15H,3,5,9-11,13H2. The summed E-state index contributed by atoms with van der Waals surface area (Å²) in [7, 11) is 0. The van der Waals surface area contributed by atoms with Crippen molar-refractivity contribution >= 4 is 17.0 Å². The van der Waals surface area contributed by atoms with Crippen LogP contribution in [0.1, 0.15) is 24.4 Å². The molecule has 144 valence electrons. The number of ether oxygens (including phenoxy) is 2. The smallest absolute Gasteiger partial charge is 0.420 e. The van der Waals surface area contributed by atoms with Crippen molar-refractivity contribution in [2.24, 2.45) is 0 Å². The van der Waals surface area contributed by atoms with Crippen molar-refractivity contribution in [3.8, 4) is 11.5 Å². The number of hydrogen-bond acceptors (Lipinski definition) is 5. The monoisotopic (exact) mass is 380 g/mol. The number of benzene rings is 2. The van der Waals surface area contributed by atoms with Gasteiger partial charge in [-0.25, -0.2) is 4.79 Å². The van der Waals surface area contributed by atoms with Gasteiger partial charge in [0.25, 0.3) is 0 Å². The van der Waals surface area contributed by atoms with Crippen molar-refractivity contribution in [3.63, 3.8) is 0 Å². The number of oxazole rings is 1. The predicted octanol–water partition coefficient (Wildman–Crippen LogP) is 2.73. The summed E-state index contributed by atoms with van der Waals surface area (Å²) in [5, 5.41) is 0. The van der Waals surface area contributed by atoms with Crippen molar-refractivity contribution in [2.45, 2.75) is 25.4 Å². The molecule has 0 N–H and O–H groups in total. The van der Waals surface area contributed by atoms with Crippen LogP contribution in [-0.2, 0) is 11.3 Å². The first-order valence-electron chi connectivity index (χ1n) is 9.48. The Morgan fingerprint density at radius 3 is 2.79 bits per heavy atom. The zero-order valence-corrected chi connectivity index (χ0v) is 15.3. The number of hydrogen-bond donors (Lipinski definition) is 0. The van der Waals surface area contributed by atoms with Crippen LogP contribution in [0.15, 0.2) is 51.7 Å². The van der Waals surface area contributed by atoms with Crippen molar-refractivity contribution in [2.75, 3.05) is 19.8 Å². The summed E-state index contributed by atoms with van der Waals surface area (Å²) in [6, 6.07) is 13.0. The normalized spacial score (nSPS) is 18.6. The van der Waals surface area contributed by atoms with E-state index < -0.39 is 5.76 Å². The average molecular weight is 380 g/mol. The molecule has 1 aromatic heterocycles. The van der Waals surface area contributed by atoms with Crippen molar-refractivity contribution in [3.05, 3.63) is 58.6 Å². The Kier molecular flexibility index (Phi) is 4.07. The molecule has 3 heterocycles. The van der Waals surface area contributed by atoms with Gasteiger partial charge < -0.3 is 18.8 Å². The molecule has 1 atom stereocenters. The highest BCUT2D eigenvalue weighted by atomic mass is 16.6. The average Bonchev–Trinajstić information content (AvgIpc) is 3.33. The lowest BCUT2D eigenvalue weighted by atomic mass is 10.0. The Labute approximate surface area is 161 Å². The van der Waals surface area contributed by atoms with E-state index in [-0.39, 0.29) is 18.5 Å². The topological polar surface area (TPSA) is 73.9 Å². The first kappa shape index (κ1) is 16.9. The molecule has 1 saturated heterocycles. The SMILES string of the molecule is O=C(Cn1c(=O)oc2ccccc21)N1CCCC1c1ccc2c(c1)OCCO2. The maximum Gasteiger partial charge on any atom is 0.420 e. The molecule has 0 radical (unpaired) electrons. The Balaban J connectivity index is 1.41. The maximum atomic E-state index is 13.0. The molecule has 7 heteroatoms. The first-order chi connectivity index (χ1) is 13.7. The number of aromatic nitrogens is 1. The number of amides is 1. The van der Waals surface area contributed by atoms with Crippen LogP contribution >= 0.6 is 0 Å². The molecule has 1 unspecified atom stereocenters. The largest absolute Gasteiger partial charge is 0.486 e. The number of para-hydroxylation sites is 2. The van der Waals surface area contributed by atoms with Crippen molar-refractivity contribution in [1.29, 1.82) is 0 Å². The summed E-state index contributed by atoms with van der Waals surface area (Å²) in [6.07, 6.45) is 1.80. The fourth-order valence-electron chi connectivity index (χ4n) is 4.07. The predicted molar refractivity (Wildman–Crippen MR) is 102 cm³/mol. The number of carbonyl (C=O) groups is 1. The van der Waals surface area contributed by atoms with Crippen LogP contribution in [0.5, 0.6) is 11.5 Å². The zero-order chi connectivity index (χ0) is 19.1. The molecule has 5 rings (SSSR count). The van der Waals surface area contributed by atoms with Crippen LogP contribution in [0.25, 0.3) is 11.1 Å². The molecule has 0 aliphatic carbocycles. The molecule has 28 heavy (non-hydrogen) atoms. The molecule has 7 nitrogen and oxygen atoms in total. The number of likely N-dealkylation sites (tertiary alicyclic amines) is 1. The van der Waals surface area contributed by atoms with E-state index in [1.807, 2.05) is 29.2 Å². The van der Waals surface area contributed by atoms with E-state index in [0.29, 0.717) is 30.9 Å². The van der Waals surface area contributed by atoms with Gasteiger partial charge in [-0.3, -0.25) is 9.36 Å². The summed E-state index contributed by atoms with van der Waals surface area (Å²) in [4.78, 5) is 27.1. The van der Waals surface area contributed by atoms with Crippen LogP contribution in [0.4, 0.5) is 0 Å². The summed E-state index contributed by atoms with van der Waals surface area (Å²) >= 11 is 0. The van der Waals surface area contributed by atoms with E-state index >= 15 is 0 Å². The molecule has 0 spiro atoms. The summed E-state index contributed by atoms with van der Waals surface area (Å²) in [5.41, 5.74) is 2.15. The maximum absolute atomic E-state index is 13.0. The van der Waals surface area contributed by atoms with E-state index in [0.717, 1.165) is 29.9 Å². The van der Waals surface area contributed by atoms with Gasteiger partial charge in [-0.2, -0.15) is 0 Å². The van der Waals surface area contributed by atoms with Gasteiger partial charge >= 0.3 is 5.76 Å². The third-order valence-electron chi connectivity index (χ3n) is 5.39. The van der Waals surface area contributed by atoms with Crippen LogP contribution < -0.4 is 15.2 Å². The minimum Gasteiger partial charge on any atom is -0.486 e.